The summed E-state index contributed by atoms with van der Waals surface area (Å²) in [6.07, 6.45) is 0.985. The molecular weight excluding hydrogens is 375 g/mol. The molecule has 154 valence electrons. The van der Waals surface area contributed by atoms with E-state index in [1.165, 1.54) is 17.0 Å². The van der Waals surface area contributed by atoms with Crippen LogP contribution in [0.4, 0.5) is 9.18 Å². The maximum Gasteiger partial charge on any atom is 0.328 e. The third kappa shape index (κ3) is 3.10. The van der Waals surface area contributed by atoms with Crippen molar-refractivity contribution in [3.05, 3.63) is 48.3 Å². The molecule has 1 N–H and O–H groups in total. The highest BCUT2D eigenvalue weighted by Crippen LogP contribution is 2.33. The standard InChI is InChI=1S/C20H25FN6O2/c1-5-10-26-19-22-17-16(27(19)13(3)12(2)23-26)18(28)25(20(29)24(17)4)11-14-6-8-15(21)9-7-14/h5-9,13,16-17,19,22H,1,10-11H2,2-4H3. The van der Waals surface area contributed by atoms with Crippen LogP contribution in [0.15, 0.2) is 42.0 Å². The molecule has 4 atom stereocenters. The summed E-state index contributed by atoms with van der Waals surface area (Å²) in [6.45, 7) is 8.35. The smallest absolute Gasteiger partial charge is 0.310 e. The Bertz CT molecular complexity index is 872. The monoisotopic (exact) mass is 400 g/mol. The third-order valence-electron chi connectivity index (χ3n) is 5.88. The van der Waals surface area contributed by atoms with Gasteiger partial charge in [0, 0.05) is 7.05 Å². The van der Waals surface area contributed by atoms with Crippen LogP contribution < -0.4 is 5.32 Å². The fraction of sp³-hybridized carbons (Fsp3) is 0.450. The Labute approximate surface area is 169 Å². The summed E-state index contributed by atoms with van der Waals surface area (Å²) in [6, 6.07) is 4.83. The van der Waals surface area contributed by atoms with Gasteiger partial charge in [-0.25, -0.2) is 14.1 Å². The van der Waals surface area contributed by atoms with E-state index in [2.05, 4.69) is 21.9 Å². The number of rotatable bonds is 4. The van der Waals surface area contributed by atoms with Gasteiger partial charge in [-0.05, 0) is 31.5 Å². The maximum absolute atomic E-state index is 13.5. The Kier molecular flexibility index (Phi) is 4.87. The molecule has 4 rings (SSSR count). The molecule has 9 heteroatoms. The molecule has 29 heavy (non-hydrogen) atoms. The van der Waals surface area contributed by atoms with Gasteiger partial charge in [0.15, 0.2) is 6.29 Å². The van der Waals surface area contributed by atoms with Crippen LogP contribution in [0.3, 0.4) is 0 Å². The van der Waals surface area contributed by atoms with Gasteiger partial charge < -0.3 is 4.90 Å². The number of nitrogens with one attached hydrogen (secondary N) is 1. The van der Waals surface area contributed by atoms with Crippen molar-refractivity contribution in [2.75, 3.05) is 13.6 Å². The lowest BCUT2D eigenvalue weighted by molar-refractivity contribution is -0.140. The second kappa shape index (κ2) is 7.23. The lowest BCUT2D eigenvalue weighted by atomic mass is 10.0. The average Bonchev–Trinajstić information content (AvgIpc) is 3.10. The fourth-order valence-electron chi connectivity index (χ4n) is 4.23. The number of amides is 3. The number of urea groups is 1. The number of likely N-dealkylation sites (N-methyl/N-ethyl adjacent to an activating group) is 1. The predicted octanol–water partition coefficient (Wildman–Crippen LogP) is 1.37. The molecule has 0 radical (unpaired) electrons. The molecule has 0 aliphatic carbocycles. The van der Waals surface area contributed by atoms with E-state index in [1.54, 1.807) is 30.2 Å². The molecule has 0 aromatic heterocycles. The summed E-state index contributed by atoms with van der Waals surface area (Å²) in [4.78, 5) is 31.3. The van der Waals surface area contributed by atoms with Crippen molar-refractivity contribution in [3.63, 3.8) is 0 Å². The quantitative estimate of drug-likeness (QED) is 0.773. The van der Waals surface area contributed by atoms with Crippen LogP contribution >= 0.6 is 0 Å². The molecule has 0 bridgehead atoms. The molecule has 0 spiro atoms. The Balaban J connectivity index is 1.66. The minimum atomic E-state index is -0.545. The van der Waals surface area contributed by atoms with E-state index in [4.69, 9.17) is 0 Å². The number of carbonyl (C=O) groups is 2. The Morgan fingerprint density at radius 3 is 2.62 bits per heavy atom. The van der Waals surface area contributed by atoms with Gasteiger partial charge >= 0.3 is 6.03 Å². The van der Waals surface area contributed by atoms with E-state index in [0.29, 0.717) is 12.1 Å². The first-order chi connectivity index (χ1) is 13.8. The molecule has 1 aromatic rings. The van der Waals surface area contributed by atoms with Crippen molar-refractivity contribution < 1.29 is 14.0 Å². The maximum atomic E-state index is 13.5. The summed E-state index contributed by atoms with van der Waals surface area (Å²) >= 11 is 0. The Morgan fingerprint density at radius 1 is 1.28 bits per heavy atom. The van der Waals surface area contributed by atoms with E-state index in [-0.39, 0.29) is 36.6 Å². The summed E-state index contributed by atoms with van der Waals surface area (Å²) in [5, 5.41) is 9.86. The number of benzene rings is 1. The van der Waals surface area contributed by atoms with E-state index in [9.17, 15) is 14.0 Å². The zero-order chi connectivity index (χ0) is 20.9. The molecule has 3 amide bonds. The van der Waals surface area contributed by atoms with Gasteiger partial charge in [-0.1, -0.05) is 18.2 Å². The second-order valence-electron chi connectivity index (χ2n) is 7.65. The number of hydrogen-bond donors (Lipinski definition) is 1. The van der Waals surface area contributed by atoms with E-state index in [0.717, 1.165) is 5.71 Å². The SMILES string of the molecule is C=CCN1N=C(C)C(C)N2C3C(=O)N(Cc4ccc(F)cc4)C(=O)N(C)C3NC12. The highest BCUT2D eigenvalue weighted by Gasteiger charge is 2.57. The van der Waals surface area contributed by atoms with Gasteiger partial charge in [-0.2, -0.15) is 5.10 Å². The molecule has 4 unspecified atom stereocenters. The number of hydrogen-bond acceptors (Lipinski definition) is 6. The highest BCUT2D eigenvalue weighted by molar-refractivity contribution is 6.01. The van der Waals surface area contributed by atoms with Gasteiger partial charge in [0.2, 0.25) is 0 Å². The molecule has 2 fully saturated rings. The topological polar surface area (TPSA) is 71.5 Å². The molecular formula is C20H25FN6O2. The highest BCUT2D eigenvalue weighted by atomic mass is 19.1. The largest absolute Gasteiger partial charge is 0.328 e. The van der Waals surface area contributed by atoms with Crippen LogP contribution in [0.2, 0.25) is 0 Å². The van der Waals surface area contributed by atoms with Crippen LogP contribution in [-0.4, -0.2) is 75.5 Å². The van der Waals surface area contributed by atoms with E-state index >= 15 is 0 Å². The van der Waals surface area contributed by atoms with Crippen LogP contribution in [-0.2, 0) is 11.3 Å². The summed E-state index contributed by atoms with van der Waals surface area (Å²) in [5.74, 6) is -0.623. The fourth-order valence-corrected chi connectivity index (χ4v) is 4.23. The molecule has 2 saturated heterocycles. The third-order valence-corrected chi connectivity index (χ3v) is 5.88. The number of imide groups is 1. The first-order valence-corrected chi connectivity index (χ1v) is 9.62. The number of carbonyl (C=O) groups excluding carboxylic acids is 2. The van der Waals surface area contributed by atoms with E-state index < -0.39 is 12.2 Å². The molecule has 3 heterocycles. The lowest BCUT2D eigenvalue weighted by Gasteiger charge is -2.44. The second-order valence-corrected chi connectivity index (χ2v) is 7.65. The van der Waals surface area contributed by atoms with Crippen molar-refractivity contribution in [1.82, 2.24) is 25.0 Å². The van der Waals surface area contributed by atoms with Gasteiger partial charge in [0.25, 0.3) is 5.91 Å². The summed E-state index contributed by atoms with van der Waals surface area (Å²) in [5.41, 5.74) is 1.59. The Morgan fingerprint density at radius 2 is 1.97 bits per heavy atom. The van der Waals surface area contributed by atoms with Crippen LogP contribution in [0.1, 0.15) is 19.4 Å². The molecule has 3 aliphatic rings. The molecule has 3 aliphatic heterocycles. The normalized spacial score (nSPS) is 29.7. The minimum Gasteiger partial charge on any atom is -0.310 e. The summed E-state index contributed by atoms with van der Waals surface area (Å²) in [7, 11) is 1.69. The van der Waals surface area contributed by atoms with Crippen LogP contribution in [0, 0.1) is 5.82 Å². The number of fused-ring (bicyclic) bond motifs is 3. The minimum absolute atomic E-state index is 0.0678. The van der Waals surface area contributed by atoms with E-state index in [1.807, 2.05) is 18.9 Å². The van der Waals surface area contributed by atoms with Gasteiger partial charge in [-0.15, -0.1) is 6.58 Å². The first-order valence-electron chi connectivity index (χ1n) is 9.62. The van der Waals surface area contributed by atoms with Gasteiger partial charge in [0.05, 0.1) is 24.8 Å². The molecule has 8 nitrogen and oxygen atoms in total. The predicted molar refractivity (Wildman–Crippen MR) is 106 cm³/mol. The van der Waals surface area contributed by atoms with Crippen molar-refractivity contribution in [2.24, 2.45) is 5.10 Å². The van der Waals surface area contributed by atoms with Crippen molar-refractivity contribution in [3.8, 4) is 0 Å². The molecule has 0 saturated carbocycles. The van der Waals surface area contributed by atoms with Crippen molar-refractivity contribution >= 4 is 17.6 Å². The summed E-state index contributed by atoms with van der Waals surface area (Å²) < 4.78 is 13.2. The van der Waals surface area contributed by atoms with Crippen molar-refractivity contribution in [1.29, 1.82) is 0 Å². The van der Waals surface area contributed by atoms with Crippen LogP contribution in [0.5, 0.6) is 0 Å². The zero-order valence-corrected chi connectivity index (χ0v) is 16.7. The molecule has 1 aromatic carbocycles. The van der Waals surface area contributed by atoms with Crippen molar-refractivity contribution in [2.45, 2.75) is 44.9 Å². The lowest BCUT2D eigenvalue weighted by Crippen LogP contribution is -2.67. The van der Waals surface area contributed by atoms with Gasteiger partial charge in [0.1, 0.15) is 18.0 Å². The van der Waals surface area contributed by atoms with Crippen LogP contribution in [0.25, 0.3) is 0 Å². The number of nitrogens with zero attached hydrogens (tertiary/aromatic N) is 5. The Hall–Kier alpha value is -2.78. The zero-order valence-electron chi connectivity index (χ0n) is 16.7. The first kappa shape index (κ1) is 19.5. The number of halogens is 1. The average molecular weight is 400 g/mol. The number of hydrazone groups is 1. The van der Waals surface area contributed by atoms with Gasteiger partial charge in [-0.3, -0.25) is 20.0 Å².